The molecule has 2 aromatic rings. The van der Waals surface area contributed by atoms with Crippen molar-refractivity contribution in [3.05, 3.63) is 52.9 Å². The number of aromatic nitrogens is 2. The highest BCUT2D eigenvalue weighted by atomic mass is 35.5. The summed E-state index contributed by atoms with van der Waals surface area (Å²) in [6, 6.07) is 5.03. The second-order valence-electron chi connectivity index (χ2n) is 6.70. The van der Waals surface area contributed by atoms with Crippen molar-refractivity contribution in [2.24, 2.45) is 0 Å². The minimum Gasteiger partial charge on any atom is -0.465 e. The Hall–Kier alpha value is -2.51. The van der Waals surface area contributed by atoms with E-state index >= 15 is 0 Å². The number of hydrogen-bond acceptors (Lipinski definition) is 6. The third-order valence-electron chi connectivity index (χ3n) is 4.85. The molecule has 3 rings (SSSR count). The smallest absolute Gasteiger partial charge is 0.316 e. The Morgan fingerprint density at radius 3 is 2.64 bits per heavy atom. The minimum absolute atomic E-state index is 0.224. The fraction of sp³-hybridized carbons (Fsp3) is 0.400. The monoisotopic (exact) mass is 403 g/mol. The van der Waals surface area contributed by atoms with Crippen LogP contribution in [0, 0.1) is 0 Å². The van der Waals surface area contributed by atoms with Gasteiger partial charge in [0.15, 0.2) is 0 Å². The predicted molar refractivity (Wildman–Crippen MR) is 104 cm³/mol. The number of nitrogens with zero attached hydrogens (tertiary/aromatic N) is 2. The van der Waals surface area contributed by atoms with Crippen molar-refractivity contribution in [2.45, 2.75) is 31.1 Å². The van der Waals surface area contributed by atoms with E-state index < -0.39 is 5.41 Å². The van der Waals surface area contributed by atoms with E-state index in [0.29, 0.717) is 36.0 Å². The van der Waals surface area contributed by atoms with Gasteiger partial charge in [-0.25, -0.2) is 4.98 Å². The number of carbonyl (C=O) groups excluding carboxylic acids is 2. The molecule has 8 heteroatoms. The average Bonchev–Trinajstić information content (AvgIpc) is 2.66. The molecule has 0 saturated heterocycles. The van der Waals surface area contributed by atoms with E-state index in [9.17, 15) is 9.59 Å². The van der Waals surface area contributed by atoms with Crippen molar-refractivity contribution in [1.82, 2.24) is 9.97 Å². The maximum atomic E-state index is 12.6. The number of amides is 1. The second-order valence-corrected chi connectivity index (χ2v) is 7.13. The van der Waals surface area contributed by atoms with E-state index in [1.54, 1.807) is 19.4 Å². The molecule has 0 unspecified atom stereocenters. The standard InChI is InChI=1S/C20H22ClN3O4/c1-27-8-3-9-28-19(26)20(6-2-7-20)15-4-5-17(23-12-15)24-18(25)14-10-16(21)13-22-11-14/h4-5,10-13H,2-3,6-9H2,1H3,(H,23,24,25). The van der Waals surface area contributed by atoms with Crippen molar-refractivity contribution in [1.29, 1.82) is 0 Å². The Morgan fingerprint density at radius 2 is 2.04 bits per heavy atom. The second kappa shape index (κ2) is 9.12. The zero-order chi connectivity index (χ0) is 20.0. The zero-order valence-electron chi connectivity index (χ0n) is 15.6. The van der Waals surface area contributed by atoms with Crippen LogP contribution in [0.1, 0.15) is 41.6 Å². The highest BCUT2D eigenvalue weighted by molar-refractivity contribution is 6.30. The summed E-state index contributed by atoms with van der Waals surface area (Å²) in [4.78, 5) is 33.1. The molecule has 1 saturated carbocycles. The van der Waals surface area contributed by atoms with Gasteiger partial charge in [0.05, 0.1) is 22.6 Å². The number of anilines is 1. The molecule has 0 radical (unpaired) electrons. The van der Waals surface area contributed by atoms with Gasteiger partial charge < -0.3 is 14.8 Å². The minimum atomic E-state index is -0.639. The molecule has 1 aliphatic rings. The van der Waals surface area contributed by atoms with E-state index in [1.807, 2.05) is 6.07 Å². The van der Waals surface area contributed by atoms with Gasteiger partial charge in [-0.05, 0) is 30.5 Å². The zero-order valence-corrected chi connectivity index (χ0v) is 16.4. The summed E-state index contributed by atoms with van der Waals surface area (Å²) >= 11 is 5.86. The van der Waals surface area contributed by atoms with Crippen LogP contribution < -0.4 is 5.32 Å². The van der Waals surface area contributed by atoms with Crippen LogP contribution in [0.25, 0.3) is 0 Å². The molecule has 7 nitrogen and oxygen atoms in total. The average molecular weight is 404 g/mol. The van der Waals surface area contributed by atoms with Crippen molar-refractivity contribution >= 4 is 29.3 Å². The van der Waals surface area contributed by atoms with Gasteiger partial charge in [0.1, 0.15) is 5.82 Å². The van der Waals surface area contributed by atoms with Crippen LogP contribution in [0.4, 0.5) is 5.82 Å². The van der Waals surface area contributed by atoms with Crippen LogP contribution in [0.15, 0.2) is 36.8 Å². The predicted octanol–water partition coefficient (Wildman–Crippen LogP) is 3.38. The summed E-state index contributed by atoms with van der Waals surface area (Å²) in [6.07, 6.45) is 7.61. The van der Waals surface area contributed by atoms with Gasteiger partial charge >= 0.3 is 5.97 Å². The number of methoxy groups -OCH3 is 1. The number of pyridine rings is 2. The highest BCUT2D eigenvalue weighted by Gasteiger charge is 2.47. The molecule has 0 bridgehead atoms. The first kappa shape index (κ1) is 20.2. The molecule has 148 valence electrons. The number of esters is 1. The lowest BCUT2D eigenvalue weighted by Gasteiger charge is -2.39. The molecular formula is C20H22ClN3O4. The summed E-state index contributed by atoms with van der Waals surface area (Å²) in [5.74, 6) is -0.193. The lowest BCUT2D eigenvalue weighted by atomic mass is 9.65. The third-order valence-corrected chi connectivity index (χ3v) is 5.06. The van der Waals surface area contributed by atoms with Gasteiger partial charge in [0.25, 0.3) is 5.91 Å². The molecule has 1 N–H and O–H groups in total. The van der Waals surface area contributed by atoms with Gasteiger partial charge in [-0.2, -0.15) is 0 Å². The van der Waals surface area contributed by atoms with E-state index in [4.69, 9.17) is 21.1 Å². The molecule has 0 aromatic carbocycles. The molecule has 0 atom stereocenters. The number of nitrogens with one attached hydrogen (secondary N) is 1. The fourth-order valence-corrected chi connectivity index (χ4v) is 3.30. The Labute approximate surface area is 168 Å². The van der Waals surface area contributed by atoms with Crippen LogP contribution in [0.5, 0.6) is 0 Å². The first-order valence-electron chi connectivity index (χ1n) is 9.10. The van der Waals surface area contributed by atoms with Gasteiger partial charge in [0, 0.05) is 38.7 Å². The van der Waals surface area contributed by atoms with Crippen LogP contribution in [-0.4, -0.2) is 42.2 Å². The maximum absolute atomic E-state index is 12.6. The molecule has 1 amide bonds. The van der Waals surface area contributed by atoms with Crippen LogP contribution >= 0.6 is 11.6 Å². The van der Waals surface area contributed by atoms with Gasteiger partial charge in [-0.1, -0.05) is 24.1 Å². The summed E-state index contributed by atoms with van der Waals surface area (Å²) in [5, 5.41) is 3.08. The first-order valence-corrected chi connectivity index (χ1v) is 9.47. The summed E-state index contributed by atoms with van der Waals surface area (Å²) in [5.41, 5.74) is 0.505. The van der Waals surface area contributed by atoms with Crippen molar-refractivity contribution in [3.8, 4) is 0 Å². The molecule has 0 aliphatic heterocycles. The third kappa shape index (κ3) is 4.48. The van der Waals surface area contributed by atoms with Gasteiger partial charge in [0.2, 0.25) is 0 Å². The van der Waals surface area contributed by atoms with Gasteiger partial charge in [-0.3, -0.25) is 14.6 Å². The largest absolute Gasteiger partial charge is 0.465 e. The molecule has 0 spiro atoms. The molecule has 2 heterocycles. The maximum Gasteiger partial charge on any atom is 0.316 e. The number of rotatable bonds is 8. The summed E-state index contributed by atoms with van der Waals surface area (Å²) in [6.45, 7) is 0.891. The topological polar surface area (TPSA) is 90.4 Å². The van der Waals surface area contributed by atoms with Gasteiger partial charge in [-0.15, -0.1) is 0 Å². The van der Waals surface area contributed by atoms with Crippen molar-refractivity contribution in [2.75, 3.05) is 25.6 Å². The van der Waals surface area contributed by atoms with Crippen LogP contribution in [0.2, 0.25) is 5.02 Å². The lowest BCUT2D eigenvalue weighted by Crippen LogP contribution is -2.44. The lowest BCUT2D eigenvalue weighted by molar-refractivity contribution is -0.154. The van der Waals surface area contributed by atoms with Crippen molar-refractivity contribution in [3.63, 3.8) is 0 Å². The van der Waals surface area contributed by atoms with Crippen LogP contribution in [-0.2, 0) is 19.7 Å². The fourth-order valence-electron chi connectivity index (χ4n) is 3.12. The normalized spacial score (nSPS) is 14.8. The Kier molecular flexibility index (Phi) is 6.59. The quantitative estimate of drug-likeness (QED) is 0.536. The number of hydrogen-bond donors (Lipinski definition) is 1. The summed E-state index contributed by atoms with van der Waals surface area (Å²) < 4.78 is 10.4. The molecular weight excluding hydrogens is 382 g/mol. The number of carbonyl (C=O) groups is 2. The summed E-state index contributed by atoms with van der Waals surface area (Å²) in [7, 11) is 1.62. The van der Waals surface area contributed by atoms with E-state index in [-0.39, 0.29) is 11.9 Å². The SMILES string of the molecule is COCCCOC(=O)C1(c2ccc(NC(=O)c3cncc(Cl)c3)nc2)CCC1. The molecule has 1 fully saturated rings. The molecule has 1 aliphatic carbocycles. The number of ether oxygens (including phenoxy) is 2. The van der Waals surface area contributed by atoms with Crippen LogP contribution in [0.3, 0.4) is 0 Å². The number of halogens is 1. The Balaban J connectivity index is 1.65. The van der Waals surface area contributed by atoms with Crippen molar-refractivity contribution < 1.29 is 19.1 Å². The Bertz CT molecular complexity index is 838. The molecule has 28 heavy (non-hydrogen) atoms. The first-order chi connectivity index (χ1) is 13.5. The Morgan fingerprint density at radius 1 is 1.21 bits per heavy atom. The van der Waals surface area contributed by atoms with E-state index in [2.05, 4.69) is 15.3 Å². The van der Waals surface area contributed by atoms with E-state index in [1.165, 1.54) is 18.5 Å². The highest BCUT2D eigenvalue weighted by Crippen LogP contribution is 2.44. The molecule has 2 aromatic heterocycles. The van der Waals surface area contributed by atoms with E-state index in [0.717, 1.165) is 24.8 Å².